The van der Waals surface area contributed by atoms with Crippen molar-refractivity contribution in [1.82, 2.24) is 0 Å². The predicted octanol–water partition coefficient (Wildman–Crippen LogP) is 5.28. The molecule has 0 saturated carbocycles. The van der Waals surface area contributed by atoms with Gasteiger partial charge in [0.25, 0.3) is 0 Å². The smallest absolute Gasteiger partial charge is 0.306 e. The van der Waals surface area contributed by atoms with Crippen LogP contribution in [0.1, 0.15) is 64.9 Å². The Morgan fingerprint density at radius 2 is 2.04 bits per heavy atom. The van der Waals surface area contributed by atoms with Gasteiger partial charge < -0.3 is 18.9 Å². The Kier molecular flexibility index (Phi) is 10.3. The molecule has 1 aromatic carbocycles. The largest absolute Gasteiger partial charge is 0.460 e. The molecule has 1 heterocycles. The molecule has 0 aromatic heterocycles. The highest BCUT2D eigenvalue weighted by Gasteiger charge is 2.38. The summed E-state index contributed by atoms with van der Waals surface area (Å²) in [6.07, 6.45) is 3.73. The zero-order valence-corrected chi connectivity index (χ0v) is 18.0. The summed E-state index contributed by atoms with van der Waals surface area (Å²) in [4.78, 5) is 12.1. The van der Waals surface area contributed by atoms with Gasteiger partial charge in [0.15, 0.2) is 6.29 Å². The van der Waals surface area contributed by atoms with E-state index in [1.165, 1.54) is 0 Å². The van der Waals surface area contributed by atoms with Crippen LogP contribution >= 0.6 is 11.6 Å². The van der Waals surface area contributed by atoms with Crippen LogP contribution < -0.4 is 0 Å². The quantitative estimate of drug-likeness (QED) is 0.365. The number of carbonyl (C=O) groups excluding carboxylic acids is 1. The SMILES string of the molecule is CCCCCC(=O)OC(C)[C@H]1O[C@@H](CCC)OC[C@H]1OCc1ccccc1Cl. The summed E-state index contributed by atoms with van der Waals surface area (Å²) < 4.78 is 23.6. The normalized spacial score (nSPS) is 23.4. The summed E-state index contributed by atoms with van der Waals surface area (Å²) in [7, 11) is 0. The van der Waals surface area contributed by atoms with E-state index in [9.17, 15) is 4.79 Å². The average molecular weight is 413 g/mol. The van der Waals surface area contributed by atoms with E-state index < -0.39 is 6.10 Å². The van der Waals surface area contributed by atoms with Gasteiger partial charge in [0.2, 0.25) is 0 Å². The molecule has 0 bridgehead atoms. The van der Waals surface area contributed by atoms with Gasteiger partial charge in [0.1, 0.15) is 18.3 Å². The Morgan fingerprint density at radius 3 is 2.75 bits per heavy atom. The Hall–Kier alpha value is -1.14. The van der Waals surface area contributed by atoms with E-state index in [4.69, 9.17) is 30.5 Å². The van der Waals surface area contributed by atoms with Gasteiger partial charge in [-0.05, 0) is 31.4 Å². The molecular formula is C22H33ClO5. The molecule has 1 unspecified atom stereocenters. The van der Waals surface area contributed by atoms with Crippen molar-refractivity contribution in [1.29, 1.82) is 0 Å². The van der Waals surface area contributed by atoms with Crippen LogP contribution in [0.25, 0.3) is 0 Å². The van der Waals surface area contributed by atoms with Crippen LogP contribution in [0.5, 0.6) is 0 Å². The summed E-state index contributed by atoms with van der Waals surface area (Å²) in [5.41, 5.74) is 0.905. The molecule has 1 aromatic rings. The van der Waals surface area contributed by atoms with Crippen LogP contribution in [-0.2, 0) is 30.3 Å². The van der Waals surface area contributed by atoms with Gasteiger partial charge in [-0.3, -0.25) is 4.79 Å². The van der Waals surface area contributed by atoms with E-state index in [-0.39, 0.29) is 24.5 Å². The molecule has 2 rings (SSSR count). The minimum atomic E-state index is -0.409. The highest BCUT2D eigenvalue weighted by atomic mass is 35.5. The third-order valence-corrected chi connectivity index (χ3v) is 5.19. The van der Waals surface area contributed by atoms with Crippen LogP contribution in [0.3, 0.4) is 0 Å². The van der Waals surface area contributed by atoms with Crippen molar-refractivity contribution in [2.45, 2.75) is 90.5 Å². The third-order valence-electron chi connectivity index (χ3n) is 4.82. The molecule has 0 aliphatic carbocycles. The monoisotopic (exact) mass is 412 g/mol. The molecule has 5 nitrogen and oxygen atoms in total. The van der Waals surface area contributed by atoms with Crippen molar-refractivity contribution in [2.24, 2.45) is 0 Å². The first-order valence-corrected chi connectivity index (χ1v) is 10.7. The number of hydrogen-bond donors (Lipinski definition) is 0. The number of ether oxygens (including phenoxy) is 4. The summed E-state index contributed by atoms with van der Waals surface area (Å²) >= 11 is 6.22. The molecule has 1 aliphatic heterocycles. The molecule has 0 spiro atoms. The first-order valence-electron chi connectivity index (χ1n) is 10.4. The van der Waals surface area contributed by atoms with Gasteiger partial charge in [0.05, 0.1) is 13.2 Å². The van der Waals surface area contributed by atoms with E-state index in [2.05, 4.69) is 13.8 Å². The Morgan fingerprint density at radius 1 is 1.25 bits per heavy atom. The average Bonchev–Trinajstić information content (AvgIpc) is 2.68. The predicted molar refractivity (Wildman–Crippen MR) is 109 cm³/mol. The van der Waals surface area contributed by atoms with Gasteiger partial charge in [0, 0.05) is 11.4 Å². The molecule has 1 saturated heterocycles. The number of rotatable bonds is 11. The minimum Gasteiger partial charge on any atom is -0.460 e. The summed E-state index contributed by atoms with van der Waals surface area (Å²) in [6.45, 7) is 6.81. The lowest BCUT2D eigenvalue weighted by atomic mass is 10.1. The number of unbranched alkanes of at least 4 members (excludes halogenated alkanes) is 2. The maximum absolute atomic E-state index is 12.1. The molecule has 0 N–H and O–H groups in total. The zero-order valence-electron chi connectivity index (χ0n) is 17.2. The highest BCUT2D eigenvalue weighted by Crippen LogP contribution is 2.25. The molecular weight excluding hydrogens is 380 g/mol. The van der Waals surface area contributed by atoms with Crippen molar-refractivity contribution in [3.8, 4) is 0 Å². The van der Waals surface area contributed by atoms with Crippen LogP contribution in [0, 0.1) is 0 Å². The highest BCUT2D eigenvalue weighted by molar-refractivity contribution is 6.31. The van der Waals surface area contributed by atoms with E-state index in [0.717, 1.165) is 37.7 Å². The van der Waals surface area contributed by atoms with Gasteiger partial charge in [-0.2, -0.15) is 0 Å². The van der Waals surface area contributed by atoms with E-state index in [1.807, 2.05) is 31.2 Å². The van der Waals surface area contributed by atoms with Gasteiger partial charge in [-0.1, -0.05) is 62.9 Å². The number of hydrogen-bond acceptors (Lipinski definition) is 5. The second-order valence-corrected chi connectivity index (χ2v) is 7.65. The van der Waals surface area contributed by atoms with Crippen molar-refractivity contribution >= 4 is 17.6 Å². The summed E-state index contributed by atoms with van der Waals surface area (Å²) in [6, 6.07) is 7.58. The molecule has 1 fully saturated rings. The summed E-state index contributed by atoms with van der Waals surface area (Å²) in [5.74, 6) is -0.187. The maximum Gasteiger partial charge on any atom is 0.306 e. The Labute approximate surface area is 173 Å². The maximum atomic E-state index is 12.1. The molecule has 0 radical (unpaired) electrons. The fourth-order valence-corrected chi connectivity index (χ4v) is 3.40. The molecule has 4 atom stereocenters. The molecule has 6 heteroatoms. The van der Waals surface area contributed by atoms with Gasteiger partial charge >= 0.3 is 5.97 Å². The lowest BCUT2D eigenvalue weighted by Gasteiger charge is -2.39. The van der Waals surface area contributed by atoms with Crippen LogP contribution in [0.15, 0.2) is 24.3 Å². The third kappa shape index (κ3) is 7.36. The van der Waals surface area contributed by atoms with Crippen LogP contribution in [0.4, 0.5) is 0 Å². The van der Waals surface area contributed by atoms with Crippen molar-refractivity contribution < 1.29 is 23.7 Å². The first kappa shape index (κ1) is 23.1. The summed E-state index contributed by atoms with van der Waals surface area (Å²) in [5, 5.41) is 0.663. The second kappa shape index (κ2) is 12.4. The van der Waals surface area contributed by atoms with Gasteiger partial charge in [-0.15, -0.1) is 0 Å². The van der Waals surface area contributed by atoms with Gasteiger partial charge in [-0.25, -0.2) is 0 Å². The zero-order chi connectivity index (χ0) is 20.4. The van der Waals surface area contributed by atoms with Crippen molar-refractivity contribution in [2.75, 3.05) is 6.61 Å². The fourth-order valence-electron chi connectivity index (χ4n) is 3.21. The van der Waals surface area contributed by atoms with Crippen LogP contribution in [0.2, 0.25) is 5.02 Å². The Balaban J connectivity index is 1.96. The fraction of sp³-hybridized carbons (Fsp3) is 0.682. The topological polar surface area (TPSA) is 54.0 Å². The minimum absolute atomic E-state index is 0.187. The molecule has 28 heavy (non-hydrogen) atoms. The molecule has 1 aliphatic rings. The lowest BCUT2D eigenvalue weighted by Crippen LogP contribution is -2.51. The second-order valence-electron chi connectivity index (χ2n) is 7.25. The van der Waals surface area contributed by atoms with E-state index in [0.29, 0.717) is 24.7 Å². The van der Waals surface area contributed by atoms with Crippen molar-refractivity contribution in [3.63, 3.8) is 0 Å². The standard InChI is InChI=1S/C22H33ClO5/c1-4-6-7-13-20(24)27-16(3)22-19(15-26-21(28-22)10-5-2)25-14-17-11-8-9-12-18(17)23/h8-9,11-12,16,19,21-22H,4-7,10,13-15H2,1-3H3/t16?,19-,21+,22-/m1/s1. The Bertz CT molecular complexity index is 594. The van der Waals surface area contributed by atoms with E-state index >= 15 is 0 Å². The number of carbonyl (C=O) groups is 1. The van der Waals surface area contributed by atoms with E-state index in [1.54, 1.807) is 0 Å². The van der Waals surface area contributed by atoms with Crippen LogP contribution in [-0.4, -0.2) is 37.2 Å². The molecule has 0 amide bonds. The molecule has 158 valence electrons. The number of benzene rings is 1. The van der Waals surface area contributed by atoms with Crippen molar-refractivity contribution in [3.05, 3.63) is 34.9 Å². The first-order chi connectivity index (χ1) is 13.5. The number of halogens is 1. The lowest BCUT2D eigenvalue weighted by molar-refractivity contribution is -0.282. The number of esters is 1.